The highest BCUT2D eigenvalue weighted by Crippen LogP contribution is 2.23. The number of guanidine groups is 2. The molecule has 1 aliphatic carbocycles. The molecule has 1 aromatic heterocycles. The molecule has 32 N–H and O–H groups in total. The lowest BCUT2D eigenvalue weighted by molar-refractivity contribution is -0.143. The molecule has 48 heteroatoms. The lowest BCUT2D eigenvalue weighted by Crippen LogP contribution is -2.62. The SMILES string of the molecule is CC[C@H](C)[C@H](NC(=O)[C@H](CO)NC(=O)[C@H](CCC(N)=O)NC(=O)[C@H](CC(=O)O)NC(=O)[C@H](CC(C)C)NC(=O)[C@H](Cc1c[nH]cn1)NC(=O)[C@@H](NC(=O)[C@@H]1CCCN1C(=O)[C@H](CC(C)C)NC(=O)CNC(=O)[C@H](CC(N)=O)NC(=O)[C@@H](N)CCC(=O)O)C(C)C)C(=O)N[C@@H](CC1=CC=C=C1)C(=O)N[C@@H](CCCNC(=N)N)C(=O)N[C@@H](CCCNC(=N)N)C(=O)O. The van der Waals surface area contributed by atoms with Crippen molar-refractivity contribution < 1.29 is 112 Å². The molecule has 16 amide bonds. The van der Waals surface area contributed by atoms with Crippen molar-refractivity contribution in [2.45, 2.75) is 249 Å². The first-order chi connectivity index (χ1) is 58.7. The molecule has 1 saturated heterocycles. The molecule has 125 heavy (non-hydrogen) atoms. The fraction of sp³-hybridized carbons (Fsp3) is 0.623. The lowest BCUT2D eigenvalue weighted by Gasteiger charge is -2.31. The molecule has 1 fully saturated rings. The Kier molecular flexibility index (Phi) is 45.5. The highest BCUT2D eigenvalue weighted by Gasteiger charge is 2.43. The van der Waals surface area contributed by atoms with Crippen molar-refractivity contribution in [3.05, 3.63) is 47.8 Å². The quantitative estimate of drug-likeness (QED) is 0.0125. The first-order valence-electron chi connectivity index (χ1n) is 40.8. The van der Waals surface area contributed by atoms with Gasteiger partial charge in [0.05, 0.1) is 44.1 Å². The van der Waals surface area contributed by atoms with Crippen LogP contribution in [-0.4, -0.2) is 277 Å². The second kappa shape index (κ2) is 53.7. The number of H-pyrrole nitrogens is 1. The zero-order valence-electron chi connectivity index (χ0n) is 71.2. The predicted octanol–water partition coefficient (Wildman–Crippen LogP) is -7.88. The van der Waals surface area contributed by atoms with Crippen molar-refractivity contribution in [2.75, 3.05) is 32.8 Å². The average molecular weight is 1770 g/mol. The van der Waals surface area contributed by atoms with Gasteiger partial charge < -0.3 is 139 Å². The molecule has 0 aromatic carbocycles. The molecule has 15 atom stereocenters. The average Bonchev–Trinajstić information content (AvgIpc) is 1.71. The zero-order valence-corrected chi connectivity index (χ0v) is 71.2. The number of carbonyl (C=O) groups is 19. The number of hydrogen-bond acceptors (Lipinski definition) is 24. The monoisotopic (exact) mass is 1770 g/mol. The van der Waals surface area contributed by atoms with E-state index in [2.05, 4.69) is 95.5 Å². The first-order valence-corrected chi connectivity index (χ1v) is 40.8. The highest BCUT2D eigenvalue weighted by molar-refractivity contribution is 6.02. The number of aliphatic carboxylic acids is 3. The third kappa shape index (κ3) is 38.9. The molecule has 1 aliphatic heterocycles. The Balaban J connectivity index is 1.89. The van der Waals surface area contributed by atoms with E-state index in [0.717, 1.165) is 0 Å². The standard InChI is InChI=1S/C77H123N25O23/c1-9-40(8)61(73(122)97-48(29-41-15-10-11-16-41)67(116)91-44(17-12-24-86-76(81)82)64(113)93-46(75(124)125)18-13-25-87-77(83)84)101-70(119)53(35-103)99-65(114)45(21-22-55(79)104)92-69(118)51(32-59(109)110)96-66(115)47(27-37(2)3)95-68(117)49(30-42-33-85-36-89-42)98-72(121)60(39(6)7)100-71(120)54-19-14-26-102(54)74(123)52(28-38(4)5)90-57(106)34-88-63(112)50(31-56(80)105)94-62(111)43(78)20-23-58(107)108/h10,15-16,33,36-40,43-54,60-61,103H,9,12-14,17-32,34-35,78H2,1-8H3,(H2,79,104)(H2,80,105)(H,85,89)(H,88,112)(H,90,106)(H,91,116)(H,92,118)(H,93,113)(H,94,111)(H,95,117)(H,96,115)(H,97,122)(H,98,121)(H,99,114)(H,100,120)(H,101,119)(H,107,108)(H,109,110)(H,124,125)(H4,81,82,86)(H4,83,84,87)/t40-,43-,44-,45-,46-,47-,48-,49-,50-,51-,52-,53-,54-,60-,61-/m0/s1. The van der Waals surface area contributed by atoms with Crippen LogP contribution < -0.4 is 108 Å². The van der Waals surface area contributed by atoms with Crippen molar-refractivity contribution in [2.24, 2.45) is 52.3 Å². The summed E-state index contributed by atoms with van der Waals surface area (Å²) < 4.78 is 0. The van der Waals surface area contributed by atoms with Gasteiger partial charge in [-0.3, -0.25) is 97.1 Å². The summed E-state index contributed by atoms with van der Waals surface area (Å²) in [6, 6.07) is -22.3. The van der Waals surface area contributed by atoms with E-state index in [9.17, 15) is 106 Å². The largest absolute Gasteiger partial charge is 0.481 e. The van der Waals surface area contributed by atoms with Crippen LogP contribution >= 0.6 is 0 Å². The lowest BCUT2D eigenvalue weighted by atomic mass is 9.96. The first kappa shape index (κ1) is 106. The van der Waals surface area contributed by atoms with Crippen LogP contribution in [0.3, 0.4) is 0 Å². The number of carboxylic acid groups (broad SMARTS) is 3. The minimum atomic E-state index is -2.10. The Morgan fingerprint density at radius 2 is 1.02 bits per heavy atom. The van der Waals surface area contributed by atoms with Gasteiger partial charge in [-0.1, -0.05) is 67.9 Å². The Labute approximate surface area is 720 Å². The number of aromatic amines is 1. The number of primary amides is 2. The number of carbonyl (C=O) groups excluding carboxylic acids is 16. The van der Waals surface area contributed by atoms with Crippen molar-refractivity contribution in [1.82, 2.24) is 94.6 Å². The summed E-state index contributed by atoms with van der Waals surface area (Å²) in [4.78, 5) is 266. The summed E-state index contributed by atoms with van der Waals surface area (Å²) in [6.07, 6.45) is 2.83. The minimum absolute atomic E-state index is 0.00953. The van der Waals surface area contributed by atoms with Crippen molar-refractivity contribution in [1.29, 1.82) is 10.8 Å². The molecule has 3 rings (SSSR count). The summed E-state index contributed by atoms with van der Waals surface area (Å²) in [6.45, 7) is 11.2. The van der Waals surface area contributed by atoms with E-state index >= 15 is 0 Å². The highest BCUT2D eigenvalue weighted by atomic mass is 16.4. The van der Waals surface area contributed by atoms with Gasteiger partial charge in [0, 0.05) is 51.5 Å². The maximum absolute atomic E-state index is 14.7. The van der Waals surface area contributed by atoms with Crippen LogP contribution in [0.4, 0.5) is 0 Å². The van der Waals surface area contributed by atoms with Crippen LogP contribution in [0.25, 0.3) is 0 Å². The number of nitrogens with two attached hydrogens (primary N) is 5. The molecule has 0 spiro atoms. The summed E-state index contributed by atoms with van der Waals surface area (Å²) in [7, 11) is 0. The summed E-state index contributed by atoms with van der Waals surface area (Å²) in [5, 5.41) is 91.4. The number of nitrogens with zero attached hydrogens (tertiary/aromatic N) is 2. The number of rotatable bonds is 58. The molecule has 2 aliphatic rings. The fourth-order valence-electron chi connectivity index (χ4n) is 12.9. The van der Waals surface area contributed by atoms with Gasteiger partial charge in [-0.25, -0.2) is 9.78 Å². The molecular weight excluding hydrogens is 1640 g/mol. The summed E-state index contributed by atoms with van der Waals surface area (Å²) in [5.74, 6) is -23.9. The normalized spacial score (nSPS) is 16.1. The van der Waals surface area contributed by atoms with Gasteiger partial charge in [-0.15, -0.1) is 5.73 Å². The fourth-order valence-corrected chi connectivity index (χ4v) is 12.9. The summed E-state index contributed by atoms with van der Waals surface area (Å²) >= 11 is 0. The van der Waals surface area contributed by atoms with Gasteiger partial charge in [-0.2, -0.15) is 0 Å². The number of aromatic nitrogens is 2. The van der Waals surface area contributed by atoms with E-state index in [1.807, 2.05) is 0 Å². The summed E-state index contributed by atoms with van der Waals surface area (Å²) in [5.41, 5.74) is 30.8. The van der Waals surface area contributed by atoms with E-state index < -0.39 is 266 Å². The Morgan fingerprint density at radius 1 is 0.528 bits per heavy atom. The van der Waals surface area contributed by atoms with Crippen LogP contribution in [-0.2, 0) is 97.5 Å². The van der Waals surface area contributed by atoms with Crippen LogP contribution in [0, 0.1) is 34.5 Å². The second-order valence-corrected chi connectivity index (χ2v) is 31.4. The second-order valence-electron chi connectivity index (χ2n) is 31.4. The topological polar surface area (TPSA) is 795 Å². The molecule has 48 nitrogen and oxygen atoms in total. The Morgan fingerprint density at radius 3 is 1.54 bits per heavy atom. The third-order valence-electron chi connectivity index (χ3n) is 19.7. The number of carboxylic acids is 3. The number of imidazole rings is 1. The molecule has 0 radical (unpaired) electrons. The van der Waals surface area contributed by atoms with Gasteiger partial charge in [0.2, 0.25) is 94.5 Å². The maximum atomic E-state index is 14.7. The van der Waals surface area contributed by atoms with Crippen LogP contribution in [0.15, 0.2) is 42.1 Å². The van der Waals surface area contributed by atoms with Gasteiger partial charge in [0.15, 0.2) is 11.9 Å². The van der Waals surface area contributed by atoms with Crippen molar-refractivity contribution >= 4 is 124 Å². The number of amides is 16. The van der Waals surface area contributed by atoms with Gasteiger partial charge >= 0.3 is 17.9 Å². The number of likely N-dealkylation sites (tertiary alicyclic amines) is 1. The van der Waals surface area contributed by atoms with Gasteiger partial charge in [-0.05, 0) is 106 Å². The van der Waals surface area contributed by atoms with E-state index in [4.69, 9.17) is 44.6 Å². The number of allylic oxidation sites excluding steroid dienone is 2. The smallest absolute Gasteiger partial charge is 0.326 e. The number of aliphatic hydroxyl groups excluding tert-OH is 1. The Hall–Kier alpha value is -13.1. The third-order valence-corrected chi connectivity index (χ3v) is 19.7. The number of hydrogen-bond donors (Lipinski definition) is 27. The molecule has 0 bridgehead atoms. The van der Waals surface area contributed by atoms with Crippen molar-refractivity contribution in [3.8, 4) is 0 Å². The molecule has 2 heterocycles. The van der Waals surface area contributed by atoms with Gasteiger partial charge in [0.1, 0.15) is 78.5 Å². The molecule has 694 valence electrons. The molecule has 1 aromatic rings. The Bertz CT molecular complexity index is 4090. The minimum Gasteiger partial charge on any atom is -0.481 e. The number of nitrogens with one attached hydrogen (secondary N) is 18. The van der Waals surface area contributed by atoms with Gasteiger partial charge in [0.25, 0.3) is 0 Å². The zero-order chi connectivity index (χ0) is 94.1. The number of aliphatic hydroxyl groups is 1. The van der Waals surface area contributed by atoms with Crippen LogP contribution in [0.2, 0.25) is 0 Å². The van der Waals surface area contributed by atoms with E-state index in [1.54, 1.807) is 54.5 Å². The van der Waals surface area contributed by atoms with Crippen molar-refractivity contribution in [3.63, 3.8) is 0 Å². The maximum Gasteiger partial charge on any atom is 0.326 e. The molecular formula is C77H123N25O23. The predicted molar refractivity (Wildman–Crippen MR) is 444 cm³/mol. The molecule has 0 unspecified atom stereocenters. The van der Waals surface area contributed by atoms with Crippen LogP contribution in [0.5, 0.6) is 0 Å². The van der Waals surface area contributed by atoms with E-state index in [1.165, 1.54) is 36.5 Å². The van der Waals surface area contributed by atoms with Crippen LogP contribution in [0.1, 0.15) is 164 Å². The van der Waals surface area contributed by atoms with E-state index in [0.29, 0.717) is 5.57 Å². The molecule has 0 saturated carbocycles. The van der Waals surface area contributed by atoms with E-state index in [-0.39, 0.29) is 114 Å².